The Morgan fingerprint density at radius 3 is 2.50 bits per heavy atom. The van der Waals surface area contributed by atoms with Crippen LogP contribution in [0, 0.1) is 0 Å². The zero-order valence-electron chi connectivity index (χ0n) is 15.8. The van der Waals surface area contributed by atoms with E-state index in [2.05, 4.69) is 13.8 Å². The molecular weight excluding hydrogens is 327 g/mol. The zero-order chi connectivity index (χ0) is 18.7. The molecule has 1 fully saturated rings. The van der Waals surface area contributed by atoms with Crippen molar-refractivity contribution < 1.29 is 18.8 Å². The molecule has 0 atom stereocenters. The summed E-state index contributed by atoms with van der Waals surface area (Å²) in [6.07, 6.45) is 0.861. The first-order valence-corrected chi connectivity index (χ1v) is 8.99. The fourth-order valence-corrected chi connectivity index (χ4v) is 3.23. The average molecular weight is 352 g/mol. The predicted molar refractivity (Wildman–Crippen MR) is 103 cm³/mol. The second-order valence-corrected chi connectivity index (χ2v) is 7.55. The summed E-state index contributed by atoms with van der Waals surface area (Å²) in [4.78, 5) is 11.7. The van der Waals surface area contributed by atoms with Crippen LogP contribution in [0.5, 0.6) is 5.75 Å². The molecule has 0 aliphatic carbocycles. The van der Waals surface area contributed by atoms with Gasteiger partial charge in [0.2, 0.25) is 0 Å². The molecule has 136 valence electrons. The van der Waals surface area contributed by atoms with E-state index in [9.17, 15) is 4.79 Å². The van der Waals surface area contributed by atoms with Gasteiger partial charge in [0.1, 0.15) is 18.6 Å². The van der Waals surface area contributed by atoms with Crippen LogP contribution in [0.25, 0.3) is 0 Å². The Morgan fingerprint density at radius 2 is 1.92 bits per heavy atom. The molecule has 1 heterocycles. The number of hydrogen-bond acceptors (Lipinski definition) is 4. The van der Waals surface area contributed by atoms with E-state index in [0.717, 1.165) is 28.6 Å². The molecule has 4 nitrogen and oxygen atoms in total. The van der Waals surface area contributed by atoms with Crippen molar-refractivity contribution >= 4 is 18.9 Å². The monoisotopic (exact) mass is 352 g/mol. The van der Waals surface area contributed by atoms with Crippen LogP contribution in [-0.2, 0) is 15.9 Å². The average Bonchev–Trinajstić information content (AvgIpc) is 2.99. The molecule has 0 aromatic heterocycles. The van der Waals surface area contributed by atoms with Crippen LogP contribution in [-0.4, -0.2) is 25.6 Å². The maximum absolute atomic E-state index is 11.7. The minimum atomic E-state index is -0.553. The molecule has 1 aliphatic rings. The Kier molecular flexibility index (Phi) is 5.49. The fraction of sp³-hybridized carbons (Fsp3) is 0.381. The summed E-state index contributed by atoms with van der Waals surface area (Å²) in [5.74, 6) is 0.924. The van der Waals surface area contributed by atoms with Crippen molar-refractivity contribution in [1.82, 2.24) is 0 Å². The predicted octanol–water partition coefficient (Wildman–Crippen LogP) is 3.72. The number of carbonyl (C=O) groups excluding carboxylic acids is 1. The van der Waals surface area contributed by atoms with Gasteiger partial charge in [-0.05, 0) is 43.0 Å². The van der Waals surface area contributed by atoms with E-state index in [0.29, 0.717) is 18.8 Å². The fourth-order valence-electron chi connectivity index (χ4n) is 3.23. The molecule has 0 spiro atoms. The first-order chi connectivity index (χ1) is 12.4. The molecule has 0 bridgehead atoms. The van der Waals surface area contributed by atoms with Crippen LogP contribution < -0.4 is 10.2 Å². The lowest BCUT2D eigenvalue weighted by Gasteiger charge is -2.22. The van der Waals surface area contributed by atoms with Crippen LogP contribution in [0.4, 0.5) is 0 Å². The van der Waals surface area contributed by atoms with Crippen molar-refractivity contribution in [3.05, 3.63) is 59.2 Å². The van der Waals surface area contributed by atoms with E-state index in [4.69, 9.17) is 14.0 Å². The maximum atomic E-state index is 11.7. The molecule has 2 aromatic rings. The van der Waals surface area contributed by atoms with Crippen molar-refractivity contribution in [2.75, 3.05) is 6.61 Å². The van der Waals surface area contributed by atoms with Crippen molar-refractivity contribution in [1.29, 1.82) is 0 Å². The van der Waals surface area contributed by atoms with Crippen LogP contribution in [0.15, 0.2) is 42.5 Å². The van der Waals surface area contributed by atoms with Crippen LogP contribution in [0.3, 0.4) is 0 Å². The summed E-state index contributed by atoms with van der Waals surface area (Å²) in [7, 11) is -0.553. The lowest BCUT2D eigenvalue weighted by molar-refractivity contribution is 0.112. The number of carbonyl (C=O) groups is 1. The van der Waals surface area contributed by atoms with E-state index < -0.39 is 7.12 Å². The van der Waals surface area contributed by atoms with Gasteiger partial charge in [0.05, 0.1) is 12.2 Å². The first kappa shape index (κ1) is 18.7. The smallest absolute Gasteiger partial charge is 0.489 e. The molecular formula is C21H25BO4. The Labute approximate surface area is 155 Å². The van der Waals surface area contributed by atoms with Crippen molar-refractivity contribution in [3.63, 3.8) is 0 Å². The van der Waals surface area contributed by atoms with Gasteiger partial charge in [-0.3, -0.25) is 4.79 Å². The van der Waals surface area contributed by atoms with E-state index >= 15 is 0 Å². The lowest BCUT2D eigenvalue weighted by Crippen LogP contribution is -2.40. The highest BCUT2D eigenvalue weighted by atomic mass is 16.7. The Balaban J connectivity index is 1.97. The summed E-state index contributed by atoms with van der Waals surface area (Å²) in [5.41, 5.74) is 3.06. The SMILES string of the molecule is CC(C)c1c(OCc2ccccc2)ccc(C=O)c1B1OCC(C)(C)O1. The topological polar surface area (TPSA) is 44.8 Å². The van der Waals surface area contributed by atoms with Crippen molar-refractivity contribution in [3.8, 4) is 5.75 Å². The number of rotatable bonds is 6. The summed E-state index contributed by atoms with van der Waals surface area (Å²) < 4.78 is 18.0. The highest BCUT2D eigenvalue weighted by Crippen LogP contribution is 2.30. The molecule has 0 amide bonds. The Bertz CT molecular complexity index is 771. The number of ether oxygens (including phenoxy) is 1. The summed E-state index contributed by atoms with van der Waals surface area (Å²) >= 11 is 0. The Morgan fingerprint density at radius 1 is 1.19 bits per heavy atom. The van der Waals surface area contributed by atoms with E-state index in [1.807, 2.05) is 50.2 Å². The van der Waals surface area contributed by atoms with Gasteiger partial charge in [0, 0.05) is 11.0 Å². The van der Waals surface area contributed by atoms with E-state index in [-0.39, 0.29) is 11.5 Å². The molecule has 0 radical (unpaired) electrons. The summed E-state index contributed by atoms with van der Waals surface area (Å²) in [6, 6.07) is 13.7. The molecule has 1 aliphatic heterocycles. The third kappa shape index (κ3) is 4.00. The molecule has 0 saturated carbocycles. The van der Waals surface area contributed by atoms with E-state index in [1.165, 1.54) is 0 Å². The molecule has 3 rings (SSSR count). The minimum Gasteiger partial charge on any atom is -0.489 e. The van der Waals surface area contributed by atoms with E-state index in [1.54, 1.807) is 6.07 Å². The molecule has 1 saturated heterocycles. The molecule has 0 N–H and O–H groups in total. The maximum Gasteiger partial charge on any atom is 0.495 e. The van der Waals surface area contributed by atoms with Gasteiger partial charge in [0.25, 0.3) is 0 Å². The first-order valence-electron chi connectivity index (χ1n) is 8.99. The lowest BCUT2D eigenvalue weighted by atomic mass is 9.70. The van der Waals surface area contributed by atoms with Gasteiger partial charge < -0.3 is 14.0 Å². The minimum absolute atomic E-state index is 0.159. The van der Waals surface area contributed by atoms with Crippen LogP contribution in [0.2, 0.25) is 0 Å². The molecule has 26 heavy (non-hydrogen) atoms. The highest BCUT2D eigenvalue weighted by molar-refractivity contribution is 6.64. The highest BCUT2D eigenvalue weighted by Gasteiger charge is 2.41. The zero-order valence-corrected chi connectivity index (χ0v) is 15.8. The third-order valence-electron chi connectivity index (χ3n) is 4.47. The third-order valence-corrected chi connectivity index (χ3v) is 4.47. The van der Waals surface area contributed by atoms with Gasteiger partial charge in [0.15, 0.2) is 0 Å². The van der Waals surface area contributed by atoms with Crippen molar-refractivity contribution in [2.24, 2.45) is 0 Å². The van der Waals surface area contributed by atoms with Gasteiger partial charge in [-0.2, -0.15) is 0 Å². The quantitative estimate of drug-likeness (QED) is 0.587. The standard InChI is InChI=1S/C21H25BO4/c1-15(2)19-18(24-13-16-8-6-5-7-9-16)11-10-17(12-23)20(19)22-25-14-21(3,4)26-22/h5-12,15H,13-14H2,1-4H3. The van der Waals surface area contributed by atoms with Gasteiger partial charge >= 0.3 is 7.12 Å². The van der Waals surface area contributed by atoms with Crippen LogP contribution in [0.1, 0.15) is 55.1 Å². The molecule has 0 unspecified atom stereocenters. The Hall–Kier alpha value is -2.11. The summed E-state index contributed by atoms with van der Waals surface area (Å²) in [5, 5.41) is 0. The second-order valence-electron chi connectivity index (χ2n) is 7.55. The molecule has 2 aromatic carbocycles. The van der Waals surface area contributed by atoms with Gasteiger partial charge in [-0.1, -0.05) is 44.2 Å². The normalized spacial score (nSPS) is 16.1. The van der Waals surface area contributed by atoms with Gasteiger partial charge in [-0.15, -0.1) is 0 Å². The van der Waals surface area contributed by atoms with Gasteiger partial charge in [-0.25, -0.2) is 0 Å². The number of benzene rings is 2. The number of aldehydes is 1. The van der Waals surface area contributed by atoms with Crippen molar-refractivity contribution in [2.45, 2.75) is 45.8 Å². The largest absolute Gasteiger partial charge is 0.495 e. The van der Waals surface area contributed by atoms with Crippen LogP contribution >= 0.6 is 0 Å². The summed E-state index contributed by atoms with van der Waals surface area (Å²) in [6.45, 7) is 9.10. The number of hydrogen-bond donors (Lipinski definition) is 0. The second kappa shape index (κ2) is 7.64. The molecule has 5 heteroatoms.